The molecule has 0 bridgehead atoms. The molecule has 26 heavy (non-hydrogen) atoms. The van der Waals surface area contributed by atoms with Crippen LogP contribution < -0.4 is 15.8 Å². The van der Waals surface area contributed by atoms with Crippen LogP contribution in [0.3, 0.4) is 0 Å². The molecule has 0 spiro atoms. The van der Waals surface area contributed by atoms with E-state index in [0.717, 1.165) is 17.9 Å². The first-order valence-electron chi connectivity index (χ1n) is 8.23. The normalized spacial score (nSPS) is 18.8. The highest BCUT2D eigenvalue weighted by molar-refractivity contribution is 7.91. The first-order valence-corrected chi connectivity index (χ1v) is 10.6. The monoisotopic (exact) mass is 394 g/mol. The Bertz CT molecular complexity index is 849. The molecule has 9 heteroatoms. The van der Waals surface area contributed by atoms with Crippen molar-refractivity contribution < 1.29 is 13.2 Å². The van der Waals surface area contributed by atoms with Gasteiger partial charge in [-0.3, -0.25) is 4.99 Å². The van der Waals surface area contributed by atoms with Crippen molar-refractivity contribution in [1.82, 2.24) is 4.31 Å². The number of rotatable bonds is 6. The number of nitrogens with one attached hydrogen (secondary N) is 1. The molecule has 2 heterocycles. The SMILES string of the molecule is COc1ccc(NC(N)=NCC2CCN(S(=O)(=O)c3cccs3)C2)cc1. The Morgan fingerprint density at radius 1 is 1.38 bits per heavy atom. The van der Waals surface area contributed by atoms with Crippen LogP contribution in [0.15, 0.2) is 51.0 Å². The number of ether oxygens (including phenoxy) is 1. The molecular formula is C17H22N4O3S2. The standard InChI is InChI=1S/C17H22N4O3S2/c1-24-15-6-4-14(5-7-15)20-17(18)19-11-13-8-9-21(12-13)26(22,23)16-3-2-10-25-16/h2-7,10,13H,8-9,11-12H2,1H3,(H3,18,19,20). The topological polar surface area (TPSA) is 97.0 Å². The maximum absolute atomic E-state index is 12.5. The van der Waals surface area contributed by atoms with E-state index >= 15 is 0 Å². The lowest BCUT2D eigenvalue weighted by Gasteiger charge is -2.15. The molecule has 0 radical (unpaired) electrons. The van der Waals surface area contributed by atoms with E-state index < -0.39 is 10.0 Å². The molecule has 1 aliphatic rings. The van der Waals surface area contributed by atoms with Gasteiger partial charge in [0.15, 0.2) is 5.96 Å². The maximum Gasteiger partial charge on any atom is 0.252 e. The van der Waals surface area contributed by atoms with E-state index in [1.54, 1.807) is 24.6 Å². The van der Waals surface area contributed by atoms with Gasteiger partial charge in [-0.15, -0.1) is 11.3 Å². The Morgan fingerprint density at radius 2 is 2.15 bits per heavy atom. The van der Waals surface area contributed by atoms with Crippen LogP contribution >= 0.6 is 11.3 Å². The molecular weight excluding hydrogens is 372 g/mol. The van der Waals surface area contributed by atoms with E-state index in [2.05, 4.69) is 10.3 Å². The molecule has 140 valence electrons. The van der Waals surface area contributed by atoms with Gasteiger partial charge in [0.25, 0.3) is 10.0 Å². The van der Waals surface area contributed by atoms with Gasteiger partial charge in [0.1, 0.15) is 9.96 Å². The van der Waals surface area contributed by atoms with Gasteiger partial charge in [0.05, 0.1) is 7.11 Å². The Labute approximate surface area is 157 Å². The van der Waals surface area contributed by atoms with Crippen LogP contribution in [0.5, 0.6) is 5.75 Å². The molecule has 1 aliphatic heterocycles. The summed E-state index contributed by atoms with van der Waals surface area (Å²) in [5.74, 6) is 1.25. The lowest BCUT2D eigenvalue weighted by Crippen LogP contribution is -2.29. The van der Waals surface area contributed by atoms with Gasteiger partial charge in [0.2, 0.25) is 0 Å². The minimum absolute atomic E-state index is 0.168. The molecule has 1 fully saturated rings. The summed E-state index contributed by atoms with van der Waals surface area (Å²) in [6, 6.07) is 10.8. The molecule has 0 amide bonds. The smallest absolute Gasteiger partial charge is 0.252 e. The number of hydrogen-bond acceptors (Lipinski definition) is 5. The van der Waals surface area contributed by atoms with E-state index in [0.29, 0.717) is 29.8 Å². The van der Waals surface area contributed by atoms with Gasteiger partial charge in [-0.25, -0.2) is 8.42 Å². The Hall–Kier alpha value is -2.10. The quantitative estimate of drug-likeness (QED) is 0.578. The van der Waals surface area contributed by atoms with Crippen LogP contribution in [-0.2, 0) is 10.0 Å². The van der Waals surface area contributed by atoms with Crippen molar-refractivity contribution in [3.63, 3.8) is 0 Å². The molecule has 1 saturated heterocycles. The highest BCUT2D eigenvalue weighted by Gasteiger charge is 2.32. The lowest BCUT2D eigenvalue weighted by atomic mass is 10.1. The second kappa shape index (κ2) is 8.07. The first-order chi connectivity index (χ1) is 12.5. The fraction of sp³-hybridized carbons (Fsp3) is 0.353. The Morgan fingerprint density at radius 3 is 2.81 bits per heavy atom. The van der Waals surface area contributed by atoms with Gasteiger partial charge in [-0.2, -0.15) is 4.31 Å². The number of nitrogens with two attached hydrogens (primary N) is 1. The summed E-state index contributed by atoms with van der Waals surface area (Å²) in [7, 11) is -1.76. The molecule has 0 aliphatic carbocycles. The zero-order valence-electron chi connectivity index (χ0n) is 14.5. The average molecular weight is 395 g/mol. The summed E-state index contributed by atoms with van der Waals surface area (Å²) in [5.41, 5.74) is 6.75. The number of hydrogen-bond donors (Lipinski definition) is 2. The van der Waals surface area contributed by atoms with E-state index in [-0.39, 0.29) is 5.92 Å². The lowest BCUT2D eigenvalue weighted by molar-refractivity contribution is 0.415. The van der Waals surface area contributed by atoms with E-state index in [4.69, 9.17) is 10.5 Å². The van der Waals surface area contributed by atoms with Crippen molar-refractivity contribution in [2.24, 2.45) is 16.6 Å². The van der Waals surface area contributed by atoms with Crippen molar-refractivity contribution in [3.05, 3.63) is 41.8 Å². The van der Waals surface area contributed by atoms with Gasteiger partial charge in [0, 0.05) is 25.3 Å². The number of thiophene rings is 1. The number of sulfonamides is 1. The summed E-state index contributed by atoms with van der Waals surface area (Å²) in [4.78, 5) is 4.36. The molecule has 0 saturated carbocycles. The zero-order valence-corrected chi connectivity index (χ0v) is 16.1. The van der Waals surface area contributed by atoms with Gasteiger partial charge >= 0.3 is 0 Å². The summed E-state index contributed by atoms with van der Waals surface area (Å²) in [6.45, 7) is 1.48. The number of nitrogens with zero attached hydrogens (tertiary/aromatic N) is 2. The number of benzene rings is 1. The van der Waals surface area contributed by atoms with Crippen molar-refractivity contribution in [2.45, 2.75) is 10.6 Å². The van der Waals surface area contributed by atoms with Gasteiger partial charge < -0.3 is 15.8 Å². The molecule has 3 rings (SSSR count). The van der Waals surface area contributed by atoms with Crippen LogP contribution in [0.25, 0.3) is 0 Å². The average Bonchev–Trinajstić information content (AvgIpc) is 3.33. The van der Waals surface area contributed by atoms with E-state index in [9.17, 15) is 8.42 Å². The fourth-order valence-electron chi connectivity index (χ4n) is 2.79. The third kappa shape index (κ3) is 4.35. The summed E-state index contributed by atoms with van der Waals surface area (Å²) in [6.07, 6.45) is 0.782. The molecule has 7 nitrogen and oxygen atoms in total. The van der Waals surface area contributed by atoms with Crippen LogP contribution in [-0.4, -0.2) is 45.4 Å². The number of aliphatic imine (C=N–C) groups is 1. The summed E-state index contributed by atoms with van der Waals surface area (Å²) in [5, 5.41) is 4.80. The first kappa shape index (κ1) is 18.7. The van der Waals surface area contributed by atoms with E-state index in [1.165, 1.54) is 15.6 Å². The van der Waals surface area contributed by atoms with Crippen molar-refractivity contribution in [2.75, 3.05) is 32.1 Å². The van der Waals surface area contributed by atoms with Crippen LogP contribution in [0.2, 0.25) is 0 Å². The number of anilines is 1. The van der Waals surface area contributed by atoms with Crippen molar-refractivity contribution >= 4 is 33.0 Å². The third-order valence-electron chi connectivity index (χ3n) is 4.22. The summed E-state index contributed by atoms with van der Waals surface area (Å²) >= 11 is 1.24. The Kier molecular flexibility index (Phi) is 5.80. The Balaban J connectivity index is 1.54. The van der Waals surface area contributed by atoms with Crippen LogP contribution in [0.1, 0.15) is 6.42 Å². The second-order valence-electron chi connectivity index (χ2n) is 6.03. The van der Waals surface area contributed by atoms with Crippen LogP contribution in [0, 0.1) is 5.92 Å². The van der Waals surface area contributed by atoms with Crippen molar-refractivity contribution in [1.29, 1.82) is 0 Å². The van der Waals surface area contributed by atoms with E-state index in [1.807, 2.05) is 24.3 Å². The maximum atomic E-state index is 12.5. The van der Waals surface area contributed by atoms with Gasteiger partial charge in [-0.1, -0.05) is 6.07 Å². The molecule has 1 atom stereocenters. The zero-order chi connectivity index (χ0) is 18.6. The molecule has 1 aromatic carbocycles. The number of guanidine groups is 1. The predicted octanol–water partition coefficient (Wildman–Crippen LogP) is 2.19. The molecule has 1 aromatic heterocycles. The minimum Gasteiger partial charge on any atom is -0.497 e. The van der Waals surface area contributed by atoms with Gasteiger partial charge in [-0.05, 0) is 48.1 Å². The largest absolute Gasteiger partial charge is 0.497 e. The van der Waals surface area contributed by atoms with Crippen molar-refractivity contribution in [3.8, 4) is 5.75 Å². The van der Waals surface area contributed by atoms with Crippen LogP contribution in [0.4, 0.5) is 5.69 Å². The highest BCUT2D eigenvalue weighted by Crippen LogP contribution is 2.27. The number of methoxy groups -OCH3 is 1. The summed E-state index contributed by atoms with van der Waals surface area (Å²) < 4.78 is 32.1. The molecule has 3 N–H and O–H groups in total. The fourth-order valence-corrected chi connectivity index (χ4v) is 5.47. The molecule has 2 aromatic rings. The minimum atomic E-state index is -3.38. The highest BCUT2D eigenvalue weighted by atomic mass is 32.2. The third-order valence-corrected chi connectivity index (χ3v) is 7.46. The second-order valence-corrected chi connectivity index (χ2v) is 9.14. The predicted molar refractivity (Wildman–Crippen MR) is 104 cm³/mol. The molecule has 1 unspecified atom stereocenters.